The Hall–Kier alpha value is -2.21. The first-order valence-corrected chi connectivity index (χ1v) is 8.91. The number of amides is 1. The summed E-state index contributed by atoms with van der Waals surface area (Å²) in [5.74, 6) is -1.12. The van der Waals surface area contributed by atoms with E-state index in [0.29, 0.717) is 19.5 Å². The quantitative estimate of drug-likeness (QED) is 0.926. The highest BCUT2D eigenvalue weighted by Gasteiger charge is 2.31. The molecule has 2 aromatic rings. The number of aromatic nitrogens is 1. The molecule has 5 nitrogen and oxygen atoms in total. The standard InChI is InChI=1S/C18H20N2O3S/c1-12-7-14(18(22)23)10-20(9-12)16(21)8-15-11-24-17(19-15)13-5-3-2-4-6-13/h2-6,11-12,14H,7-10H2,1H3,(H,22,23). The van der Waals surface area contributed by atoms with E-state index in [4.69, 9.17) is 0 Å². The van der Waals surface area contributed by atoms with E-state index in [1.165, 1.54) is 11.3 Å². The van der Waals surface area contributed by atoms with Crippen molar-refractivity contribution in [2.45, 2.75) is 19.8 Å². The van der Waals surface area contributed by atoms with Crippen LogP contribution in [-0.2, 0) is 16.0 Å². The minimum atomic E-state index is -0.820. The van der Waals surface area contributed by atoms with E-state index in [-0.39, 0.29) is 18.2 Å². The number of carboxylic acid groups (broad SMARTS) is 1. The molecule has 1 aliphatic rings. The first kappa shape index (κ1) is 16.6. The van der Waals surface area contributed by atoms with Gasteiger partial charge in [0, 0.05) is 24.0 Å². The van der Waals surface area contributed by atoms with Gasteiger partial charge in [-0.15, -0.1) is 11.3 Å². The lowest BCUT2D eigenvalue weighted by Crippen LogP contribution is -2.46. The van der Waals surface area contributed by atoms with Crippen LogP contribution in [0.3, 0.4) is 0 Å². The predicted octanol–water partition coefficient (Wildman–Crippen LogP) is 2.92. The Morgan fingerprint density at radius 3 is 2.75 bits per heavy atom. The van der Waals surface area contributed by atoms with Crippen LogP contribution in [0.5, 0.6) is 0 Å². The van der Waals surface area contributed by atoms with Crippen molar-refractivity contribution in [3.8, 4) is 10.6 Å². The molecule has 1 aliphatic heterocycles. The zero-order chi connectivity index (χ0) is 17.1. The molecule has 1 saturated heterocycles. The molecule has 0 radical (unpaired) electrons. The second-order valence-corrected chi connectivity index (χ2v) is 7.22. The number of hydrogen-bond donors (Lipinski definition) is 1. The average Bonchev–Trinajstić information content (AvgIpc) is 3.03. The van der Waals surface area contributed by atoms with Crippen LogP contribution in [0.25, 0.3) is 10.6 Å². The molecule has 1 aromatic heterocycles. The van der Waals surface area contributed by atoms with Gasteiger partial charge in [-0.25, -0.2) is 4.98 Å². The lowest BCUT2D eigenvalue weighted by Gasteiger charge is -2.34. The third-order valence-electron chi connectivity index (χ3n) is 4.27. The summed E-state index contributed by atoms with van der Waals surface area (Å²) in [5.41, 5.74) is 1.78. The normalized spacial score (nSPS) is 20.8. The fourth-order valence-electron chi connectivity index (χ4n) is 3.10. The first-order valence-electron chi connectivity index (χ1n) is 8.03. The Kier molecular flexibility index (Phi) is 4.94. The number of aliphatic carboxylic acids is 1. The van der Waals surface area contributed by atoms with E-state index < -0.39 is 11.9 Å². The Morgan fingerprint density at radius 1 is 1.29 bits per heavy atom. The second-order valence-electron chi connectivity index (χ2n) is 6.36. The van der Waals surface area contributed by atoms with Gasteiger partial charge in [-0.1, -0.05) is 37.3 Å². The molecular weight excluding hydrogens is 324 g/mol. The molecule has 126 valence electrons. The number of benzene rings is 1. The van der Waals surface area contributed by atoms with Crippen molar-refractivity contribution >= 4 is 23.2 Å². The lowest BCUT2D eigenvalue weighted by atomic mass is 9.90. The molecule has 0 spiro atoms. The number of carbonyl (C=O) groups is 2. The summed E-state index contributed by atoms with van der Waals surface area (Å²) in [7, 11) is 0. The summed E-state index contributed by atoms with van der Waals surface area (Å²) in [6.45, 7) is 2.91. The van der Waals surface area contributed by atoms with Gasteiger partial charge in [-0.05, 0) is 12.3 Å². The fourth-order valence-corrected chi connectivity index (χ4v) is 3.93. The molecule has 1 fully saturated rings. The summed E-state index contributed by atoms with van der Waals surface area (Å²) in [5, 5.41) is 12.0. The highest BCUT2D eigenvalue weighted by molar-refractivity contribution is 7.13. The van der Waals surface area contributed by atoms with Crippen molar-refractivity contribution in [2.24, 2.45) is 11.8 Å². The highest BCUT2D eigenvalue weighted by atomic mass is 32.1. The van der Waals surface area contributed by atoms with Gasteiger partial charge in [-0.3, -0.25) is 9.59 Å². The van der Waals surface area contributed by atoms with Gasteiger partial charge >= 0.3 is 5.97 Å². The van der Waals surface area contributed by atoms with E-state index in [0.717, 1.165) is 16.3 Å². The van der Waals surface area contributed by atoms with Crippen LogP contribution in [0.15, 0.2) is 35.7 Å². The number of carbonyl (C=O) groups excluding carboxylic acids is 1. The predicted molar refractivity (Wildman–Crippen MR) is 92.7 cm³/mol. The summed E-state index contributed by atoms with van der Waals surface area (Å²) < 4.78 is 0. The van der Waals surface area contributed by atoms with Crippen LogP contribution >= 0.6 is 11.3 Å². The Balaban J connectivity index is 1.67. The molecule has 3 rings (SSSR count). The largest absolute Gasteiger partial charge is 0.481 e. The van der Waals surface area contributed by atoms with Crippen LogP contribution < -0.4 is 0 Å². The summed E-state index contributed by atoms with van der Waals surface area (Å²) in [6, 6.07) is 9.87. The smallest absolute Gasteiger partial charge is 0.308 e. The lowest BCUT2D eigenvalue weighted by molar-refractivity contribution is -0.146. The van der Waals surface area contributed by atoms with E-state index in [2.05, 4.69) is 4.98 Å². The van der Waals surface area contributed by atoms with Crippen LogP contribution in [0, 0.1) is 11.8 Å². The van der Waals surface area contributed by atoms with Gasteiger partial charge in [0.2, 0.25) is 5.91 Å². The zero-order valence-corrected chi connectivity index (χ0v) is 14.3. The molecule has 1 aromatic carbocycles. The number of thiazole rings is 1. The summed E-state index contributed by atoms with van der Waals surface area (Å²) >= 11 is 1.52. The summed E-state index contributed by atoms with van der Waals surface area (Å²) in [4.78, 5) is 30.0. The van der Waals surface area contributed by atoms with Gasteiger partial charge < -0.3 is 10.0 Å². The van der Waals surface area contributed by atoms with Crippen molar-refractivity contribution in [3.05, 3.63) is 41.4 Å². The molecular formula is C18H20N2O3S. The van der Waals surface area contributed by atoms with Gasteiger partial charge in [-0.2, -0.15) is 0 Å². The average molecular weight is 344 g/mol. The van der Waals surface area contributed by atoms with E-state index >= 15 is 0 Å². The number of nitrogens with zero attached hydrogens (tertiary/aromatic N) is 2. The van der Waals surface area contributed by atoms with Crippen LogP contribution in [0.4, 0.5) is 0 Å². The van der Waals surface area contributed by atoms with Gasteiger partial charge in [0.05, 0.1) is 18.0 Å². The van der Waals surface area contributed by atoms with E-state index in [9.17, 15) is 14.7 Å². The van der Waals surface area contributed by atoms with Gasteiger partial charge in [0.25, 0.3) is 0 Å². The third-order valence-corrected chi connectivity index (χ3v) is 5.21. The molecule has 2 unspecified atom stereocenters. The maximum atomic E-state index is 12.5. The summed E-state index contributed by atoms with van der Waals surface area (Å²) in [6.07, 6.45) is 0.858. The monoisotopic (exact) mass is 344 g/mol. The van der Waals surface area contributed by atoms with Crippen LogP contribution in [0.2, 0.25) is 0 Å². The molecule has 0 saturated carbocycles. The number of likely N-dealkylation sites (tertiary alicyclic amines) is 1. The Bertz CT molecular complexity index is 729. The molecule has 0 aliphatic carbocycles. The molecule has 0 bridgehead atoms. The molecule has 1 amide bonds. The first-order chi connectivity index (χ1) is 11.5. The molecule has 2 atom stereocenters. The van der Waals surface area contributed by atoms with E-state index in [1.807, 2.05) is 42.6 Å². The molecule has 2 heterocycles. The van der Waals surface area contributed by atoms with Crippen LogP contribution in [-0.4, -0.2) is 40.0 Å². The van der Waals surface area contributed by atoms with Crippen molar-refractivity contribution in [1.29, 1.82) is 0 Å². The number of carboxylic acids is 1. The maximum absolute atomic E-state index is 12.5. The fraction of sp³-hybridized carbons (Fsp3) is 0.389. The number of rotatable bonds is 4. The van der Waals surface area contributed by atoms with Crippen molar-refractivity contribution in [1.82, 2.24) is 9.88 Å². The van der Waals surface area contributed by atoms with Crippen molar-refractivity contribution < 1.29 is 14.7 Å². The molecule has 24 heavy (non-hydrogen) atoms. The zero-order valence-electron chi connectivity index (χ0n) is 13.5. The second kappa shape index (κ2) is 7.13. The van der Waals surface area contributed by atoms with Crippen molar-refractivity contribution in [3.63, 3.8) is 0 Å². The number of hydrogen-bond acceptors (Lipinski definition) is 4. The maximum Gasteiger partial charge on any atom is 0.308 e. The number of piperidine rings is 1. The molecule has 6 heteroatoms. The SMILES string of the molecule is CC1CC(C(=O)O)CN(C(=O)Cc2csc(-c3ccccc3)n2)C1. The topological polar surface area (TPSA) is 70.5 Å². The van der Waals surface area contributed by atoms with Gasteiger partial charge in [0.1, 0.15) is 5.01 Å². The minimum Gasteiger partial charge on any atom is -0.481 e. The van der Waals surface area contributed by atoms with Gasteiger partial charge in [0.15, 0.2) is 0 Å². The minimum absolute atomic E-state index is 0.0438. The molecule has 1 N–H and O–H groups in total. The Morgan fingerprint density at radius 2 is 2.04 bits per heavy atom. The third kappa shape index (κ3) is 3.82. The van der Waals surface area contributed by atoms with Crippen molar-refractivity contribution in [2.75, 3.05) is 13.1 Å². The highest BCUT2D eigenvalue weighted by Crippen LogP contribution is 2.25. The van der Waals surface area contributed by atoms with E-state index in [1.54, 1.807) is 4.90 Å². The van der Waals surface area contributed by atoms with Crippen LogP contribution in [0.1, 0.15) is 19.0 Å². The Labute approximate surface area is 145 Å².